The van der Waals surface area contributed by atoms with Crippen LogP contribution in [0.15, 0.2) is 24.3 Å². The van der Waals surface area contributed by atoms with Gasteiger partial charge >= 0.3 is 0 Å². The summed E-state index contributed by atoms with van der Waals surface area (Å²) in [5.74, 6) is 0.0137. The zero-order valence-corrected chi connectivity index (χ0v) is 16.5. The molecule has 2 aliphatic carbocycles. The molecule has 1 heterocycles. The van der Waals surface area contributed by atoms with Crippen LogP contribution in [0.25, 0.3) is 0 Å². The Morgan fingerprint density at radius 3 is 2.41 bits per heavy atom. The molecular weight excluding hydrogens is 338 g/mol. The molecule has 4 rings (SSSR count). The quantitative estimate of drug-likeness (QED) is 0.864. The Labute approximate surface area is 162 Å². The van der Waals surface area contributed by atoms with Crippen molar-refractivity contribution in [2.75, 3.05) is 27.2 Å². The first-order valence-electron chi connectivity index (χ1n) is 10.3. The van der Waals surface area contributed by atoms with Crippen LogP contribution < -0.4 is 5.32 Å². The van der Waals surface area contributed by atoms with E-state index in [4.69, 9.17) is 0 Å². The lowest BCUT2D eigenvalue weighted by Gasteiger charge is -2.37. The highest BCUT2D eigenvalue weighted by Crippen LogP contribution is 2.33. The molecule has 27 heavy (non-hydrogen) atoms. The van der Waals surface area contributed by atoms with Crippen molar-refractivity contribution in [3.8, 4) is 0 Å². The Hall–Kier alpha value is -1.88. The SMILES string of the molecule is CN(C)C1(CNC(=O)C2CC(=O)N(C3CCCC3)C2)Cc2ccccc2C1. The van der Waals surface area contributed by atoms with Crippen LogP contribution in [0.3, 0.4) is 0 Å². The maximum atomic E-state index is 12.8. The molecule has 2 fully saturated rings. The highest BCUT2D eigenvalue weighted by Gasteiger charge is 2.42. The molecule has 5 nitrogen and oxygen atoms in total. The summed E-state index contributed by atoms with van der Waals surface area (Å²) < 4.78 is 0. The van der Waals surface area contributed by atoms with Gasteiger partial charge in [-0.2, -0.15) is 0 Å². The zero-order valence-electron chi connectivity index (χ0n) is 16.5. The van der Waals surface area contributed by atoms with E-state index >= 15 is 0 Å². The van der Waals surface area contributed by atoms with Gasteiger partial charge in [-0.15, -0.1) is 0 Å². The number of carbonyl (C=O) groups is 2. The van der Waals surface area contributed by atoms with E-state index in [2.05, 4.69) is 48.6 Å². The summed E-state index contributed by atoms with van der Waals surface area (Å²) in [5, 5.41) is 3.20. The van der Waals surface area contributed by atoms with Crippen LogP contribution in [0.1, 0.15) is 43.2 Å². The van der Waals surface area contributed by atoms with Gasteiger partial charge in [-0.1, -0.05) is 37.1 Å². The van der Waals surface area contributed by atoms with Crippen LogP contribution in [0.4, 0.5) is 0 Å². The van der Waals surface area contributed by atoms with E-state index in [1.165, 1.54) is 24.0 Å². The minimum Gasteiger partial charge on any atom is -0.354 e. The van der Waals surface area contributed by atoms with Gasteiger partial charge in [-0.05, 0) is 50.9 Å². The molecule has 1 aromatic rings. The molecule has 0 aromatic heterocycles. The van der Waals surface area contributed by atoms with Crippen molar-refractivity contribution in [3.63, 3.8) is 0 Å². The fourth-order valence-electron chi connectivity index (χ4n) is 5.15. The summed E-state index contributed by atoms with van der Waals surface area (Å²) in [7, 11) is 4.19. The van der Waals surface area contributed by atoms with Gasteiger partial charge in [0.2, 0.25) is 11.8 Å². The molecule has 146 valence electrons. The Bertz CT molecular complexity index is 699. The van der Waals surface area contributed by atoms with Crippen LogP contribution in [-0.2, 0) is 22.4 Å². The van der Waals surface area contributed by atoms with Gasteiger partial charge in [0.15, 0.2) is 0 Å². The predicted molar refractivity (Wildman–Crippen MR) is 105 cm³/mol. The van der Waals surface area contributed by atoms with Gasteiger partial charge in [0.05, 0.1) is 5.92 Å². The standard InChI is InChI=1S/C22H31N3O2/c1-24(2)22(12-16-7-3-4-8-17(16)13-22)15-23-21(27)18-11-20(26)25(14-18)19-9-5-6-10-19/h3-4,7-8,18-19H,5-6,9-15H2,1-2H3,(H,23,27). The van der Waals surface area contributed by atoms with Crippen molar-refractivity contribution >= 4 is 11.8 Å². The molecule has 1 atom stereocenters. The van der Waals surface area contributed by atoms with Crippen molar-refractivity contribution in [3.05, 3.63) is 35.4 Å². The monoisotopic (exact) mass is 369 g/mol. The second-order valence-electron chi connectivity index (χ2n) is 8.84. The number of amides is 2. The summed E-state index contributed by atoms with van der Waals surface area (Å²) >= 11 is 0. The van der Waals surface area contributed by atoms with E-state index in [1.54, 1.807) is 0 Å². The van der Waals surface area contributed by atoms with Gasteiger partial charge in [0.25, 0.3) is 0 Å². The first-order valence-corrected chi connectivity index (χ1v) is 10.3. The third-order valence-corrected chi connectivity index (χ3v) is 6.99. The maximum absolute atomic E-state index is 12.8. The van der Waals surface area contributed by atoms with E-state index in [-0.39, 0.29) is 23.3 Å². The summed E-state index contributed by atoms with van der Waals surface area (Å²) in [6.07, 6.45) is 6.89. The van der Waals surface area contributed by atoms with Crippen molar-refractivity contribution in [1.82, 2.24) is 15.1 Å². The first kappa shape index (κ1) is 18.5. The van der Waals surface area contributed by atoms with Crippen molar-refractivity contribution in [1.29, 1.82) is 0 Å². The van der Waals surface area contributed by atoms with E-state index in [9.17, 15) is 9.59 Å². The van der Waals surface area contributed by atoms with E-state index in [0.717, 1.165) is 25.7 Å². The van der Waals surface area contributed by atoms with Gasteiger partial charge in [-0.25, -0.2) is 0 Å². The lowest BCUT2D eigenvalue weighted by molar-refractivity contribution is -0.130. The molecule has 1 saturated heterocycles. The fraction of sp³-hybridized carbons (Fsp3) is 0.636. The number of nitrogens with zero attached hydrogens (tertiary/aromatic N) is 2. The fourth-order valence-corrected chi connectivity index (χ4v) is 5.15. The Balaban J connectivity index is 1.38. The third kappa shape index (κ3) is 3.49. The highest BCUT2D eigenvalue weighted by atomic mass is 16.2. The van der Waals surface area contributed by atoms with Crippen LogP contribution in [0, 0.1) is 5.92 Å². The summed E-state index contributed by atoms with van der Waals surface area (Å²) in [6, 6.07) is 8.93. The molecule has 1 N–H and O–H groups in total. The van der Waals surface area contributed by atoms with Crippen molar-refractivity contribution in [2.45, 2.75) is 56.5 Å². The normalized spacial score (nSPS) is 24.6. The number of hydrogen-bond acceptors (Lipinski definition) is 3. The number of benzene rings is 1. The predicted octanol–water partition coefficient (Wildman–Crippen LogP) is 1.99. The van der Waals surface area contributed by atoms with Crippen molar-refractivity contribution < 1.29 is 9.59 Å². The lowest BCUT2D eigenvalue weighted by Crippen LogP contribution is -2.54. The molecule has 1 aromatic carbocycles. The first-order chi connectivity index (χ1) is 13.0. The molecule has 1 saturated carbocycles. The van der Waals surface area contributed by atoms with Gasteiger partial charge in [-0.3, -0.25) is 9.59 Å². The highest BCUT2D eigenvalue weighted by molar-refractivity contribution is 5.89. The second-order valence-corrected chi connectivity index (χ2v) is 8.84. The molecule has 3 aliphatic rings. The summed E-state index contributed by atoms with van der Waals surface area (Å²) in [6.45, 7) is 1.23. The van der Waals surface area contributed by atoms with E-state index < -0.39 is 0 Å². The number of hydrogen-bond donors (Lipinski definition) is 1. The number of likely N-dealkylation sites (N-methyl/N-ethyl adjacent to an activating group) is 1. The Morgan fingerprint density at radius 1 is 1.19 bits per heavy atom. The van der Waals surface area contributed by atoms with Crippen LogP contribution in [0.5, 0.6) is 0 Å². The third-order valence-electron chi connectivity index (χ3n) is 6.99. The number of likely N-dealkylation sites (tertiary alicyclic amines) is 1. The number of carbonyl (C=O) groups excluding carboxylic acids is 2. The van der Waals surface area contributed by atoms with E-state index in [0.29, 0.717) is 25.6 Å². The molecule has 2 amide bonds. The zero-order chi connectivity index (χ0) is 19.0. The van der Waals surface area contributed by atoms with Gasteiger partial charge in [0.1, 0.15) is 0 Å². The second kappa shape index (κ2) is 7.27. The Morgan fingerprint density at radius 2 is 1.81 bits per heavy atom. The smallest absolute Gasteiger partial charge is 0.225 e. The number of nitrogens with one attached hydrogen (secondary N) is 1. The van der Waals surface area contributed by atoms with Gasteiger partial charge < -0.3 is 15.1 Å². The van der Waals surface area contributed by atoms with Crippen molar-refractivity contribution in [2.24, 2.45) is 5.92 Å². The van der Waals surface area contributed by atoms with Crippen LogP contribution >= 0.6 is 0 Å². The molecule has 0 spiro atoms. The summed E-state index contributed by atoms with van der Waals surface area (Å²) in [4.78, 5) is 29.5. The minimum absolute atomic E-state index is 0.0426. The molecule has 0 bridgehead atoms. The maximum Gasteiger partial charge on any atom is 0.225 e. The van der Waals surface area contributed by atoms with Gasteiger partial charge in [0, 0.05) is 31.1 Å². The number of fused-ring (bicyclic) bond motifs is 1. The van der Waals surface area contributed by atoms with Crippen LogP contribution in [0.2, 0.25) is 0 Å². The topological polar surface area (TPSA) is 52.7 Å². The molecule has 1 unspecified atom stereocenters. The Kier molecular flexibility index (Phi) is 4.97. The molecule has 5 heteroatoms. The van der Waals surface area contributed by atoms with Crippen LogP contribution in [-0.4, -0.2) is 60.4 Å². The average molecular weight is 370 g/mol. The summed E-state index contributed by atoms with van der Waals surface area (Å²) in [5.41, 5.74) is 2.68. The molecule has 0 radical (unpaired) electrons. The average Bonchev–Trinajstić information content (AvgIpc) is 3.37. The number of rotatable bonds is 5. The minimum atomic E-state index is -0.193. The molecular formula is C22H31N3O2. The largest absolute Gasteiger partial charge is 0.354 e. The molecule has 1 aliphatic heterocycles. The van der Waals surface area contributed by atoms with E-state index in [1.807, 2.05) is 4.90 Å². The lowest BCUT2D eigenvalue weighted by atomic mass is 9.93.